The molecule has 2 aromatic carbocycles. The fraction of sp³-hybridized carbons (Fsp3) is 0.537. The van der Waals surface area contributed by atoms with Crippen LogP contribution in [0.4, 0.5) is 0 Å². The van der Waals surface area contributed by atoms with Gasteiger partial charge in [0, 0.05) is 86.5 Å². The van der Waals surface area contributed by atoms with Gasteiger partial charge in [0.2, 0.25) is 11.8 Å². The maximum atomic E-state index is 15.2. The first-order valence-corrected chi connectivity index (χ1v) is 24.9. The zero-order chi connectivity index (χ0) is 49.5. The molecule has 2 aromatic heterocycles. The van der Waals surface area contributed by atoms with Gasteiger partial charge in [-0.3, -0.25) is 33.9 Å². The molecule has 16 heteroatoms. The molecular formula is C54H66N8O8. The first-order valence-electron chi connectivity index (χ1n) is 24.9. The first-order chi connectivity index (χ1) is 33.6. The lowest BCUT2D eigenvalue weighted by molar-refractivity contribution is -0.156. The summed E-state index contributed by atoms with van der Waals surface area (Å²) in [7, 11) is 1.65. The minimum absolute atomic E-state index is 0.0270. The van der Waals surface area contributed by atoms with Gasteiger partial charge in [-0.15, -0.1) is 0 Å². The van der Waals surface area contributed by atoms with Crippen molar-refractivity contribution in [1.82, 2.24) is 39.7 Å². The molecule has 2 unspecified atom stereocenters. The fourth-order valence-electron chi connectivity index (χ4n) is 11.4. The summed E-state index contributed by atoms with van der Waals surface area (Å²) in [5.74, 6) is 2.69. The van der Waals surface area contributed by atoms with Crippen molar-refractivity contribution >= 4 is 40.4 Å². The number of cyclic esters (lactones) is 1. The van der Waals surface area contributed by atoms with E-state index in [1.807, 2.05) is 38.4 Å². The minimum Gasteiger partial charge on any atom is -0.508 e. The molecule has 4 aliphatic heterocycles. The van der Waals surface area contributed by atoms with Gasteiger partial charge in [-0.1, -0.05) is 45.7 Å². The van der Waals surface area contributed by atoms with Crippen LogP contribution in [0.5, 0.6) is 5.75 Å². The molecule has 2 N–H and O–H groups in total. The zero-order valence-electron chi connectivity index (χ0n) is 41.3. The van der Waals surface area contributed by atoms with Gasteiger partial charge in [0.1, 0.15) is 18.1 Å². The van der Waals surface area contributed by atoms with Crippen LogP contribution < -0.4 is 5.43 Å². The van der Waals surface area contributed by atoms with E-state index < -0.39 is 40.7 Å². The highest BCUT2D eigenvalue weighted by atomic mass is 16.5. The van der Waals surface area contributed by atoms with Crippen molar-refractivity contribution in [2.24, 2.45) is 28.6 Å². The number of hydrazine groups is 1. The summed E-state index contributed by atoms with van der Waals surface area (Å²) in [6.45, 7) is 15.1. The smallest absolute Gasteiger partial charge is 0.324 e. The molecule has 1 aliphatic carbocycles. The predicted molar refractivity (Wildman–Crippen MR) is 262 cm³/mol. The maximum Gasteiger partial charge on any atom is 0.324 e. The molecule has 4 fully saturated rings. The standard InChI is InChI=1S/C54H66N8O8/c1-7-61-45-13-12-36-25-41(45)42(48(61)39-29-55-33-56-30-39)27-53(4,5)32-70-51(67)44-10-8-16-62(57-44)52(68)54(26-35-22-38(36)24-40(63)23-35)28-43(54)49(65)47(34(2)3)58(6)50(66)37-14-17-60(31-37)46(64)11-9-15-59-18-20-69-21-19-59/h12-13,22-25,29-30,33-34,37,43-44,47,57,63H,7-8,10,14-21,26-28,31-32H2,1-6H3/t37-,43?,44-,47-,54?/m0/s1. The van der Waals surface area contributed by atoms with Crippen LogP contribution in [0.2, 0.25) is 0 Å². The van der Waals surface area contributed by atoms with Gasteiger partial charge in [0.05, 0.1) is 49.4 Å². The number of likely N-dealkylation sites (tertiary alicyclic amines) is 1. The summed E-state index contributed by atoms with van der Waals surface area (Å²) < 4.78 is 13.8. The quantitative estimate of drug-likeness (QED) is 0.181. The number of fused-ring (bicyclic) bond motifs is 6. The van der Waals surface area contributed by atoms with E-state index in [2.05, 4.69) is 69.6 Å². The van der Waals surface area contributed by atoms with E-state index in [-0.39, 0.29) is 61.2 Å². The average molecular weight is 955 g/mol. The number of phenolic OH excluding ortho intramolecular Hbond substituents is 1. The Kier molecular flexibility index (Phi) is 13.9. The third kappa shape index (κ3) is 9.80. The number of morpholine rings is 1. The van der Waals surface area contributed by atoms with E-state index in [9.17, 15) is 19.5 Å². The highest BCUT2D eigenvalue weighted by Gasteiger charge is 2.66. The van der Waals surface area contributed by atoms with E-state index >= 15 is 9.59 Å². The third-order valence-corrected chi connectivity index (χ3v) is 15.1. The van der Waals surface area contributed by atoms with Gasteiger partial charge in [-0.25, -0.2) is 15.4 Å². The number of ketones is 1. The normalized spacial score (nSPS) is 24.2. The number of aryl methyl sites for hydroxylation is 1. The number of benzene rings is 2. The van der Waals surface area contributed by atoms with Crippen molar-refractivity contribution in [3.63, 3.8) is 0 Å². The lowest BCUT2D eigenvalue weighted by Crippen LogP contribution is -2.58. The Balaban J connectivity index is 1.03. The number of esters is 1. The maximum absolute atomic E-state index is 15.2. The topological polar surface area (TPSA) is 180 Å². The monoisotopic (exact) mass is 955 g/mol. The number of Topliss-reactive ketones (excluding diaryl/α,β-unsaturated/α-hetero) is 1. The summed E-state index contributed by atoms with van der Waals surface area (Å²) >= 11 is 0. The number of amides is 3. The van der Waals surface area contributed by atoms with E-state index in [1.165, 1.54) is 16.2 Å². The van der Waals surface area contributed by atoms with Crippen molar-refractivity contribution in [3.05, 3.63) is 66.2 Å². The van der Waals surface area contributed by atoms with Gasteiger partial charge in [-0.05, 0) is 104 Å². The SMILES string of the molecule is CCn1c(-c2cncnc2)c2c3cc(ccc31)-c1cc(O)cc(c1)CC1(CC1C(=O)[C@H](C(C)C)N(C)C(=O)[C@H]1CCN(C(=O)C#CCN3CCOCC3)C1)C(=O)N1CCC[C@H](N1)C(=O)OCC(C)(C)C2. The Hall–Kier alpha value is -6.15. The molecule has 370 valence electrons. The summed E-state index contributed by atoms with van der Waals surface area (Å²) in [5, 5.41) is 13.9. The first kappa shape index (κ1) is 48.9. The number of carbonyl (C=O) groups is 5. The van der Waals surface area contributed by atoms with Crippen molar-refractivity contribution in [3.8, 4) is 40.0 Å². The number of hydrogen-bond acceptors (Lipinski definition) is 12. The van der Waals surface area contributed by atoms with E-state index in [1.54, 1.807) is 24.1 Å². The molecule has 6 bridgehead atoms. The molecule has 0 radical (unpaired) electrons. The van der Waals surface area contributed by atoms with E-state index in [0.717, 1.165) is 51.9 Å². The van der Waals surface area contributed by atoms with Crippen LogP contribution in [0, 0.1) is 40.4 Å². The summed E-state index contributed by atoms with van der Waals surface area (Å²) in [6, 6.07) is 10.0. The van der Waals surface area contributed by atoms with Crippen molar-refractivity contribution < 1.29 is 38.6 Å². The number of ether oxygens (including phenoxy) is 2. The van der Waals surface area contributed by atoms with E-state index in [4.69, 9.17) is 9.47 Å². The van der Waals surface area contributed by atoms with Crippen molar-refractivity contribution in [1.29, 1.82) is 0 Å². The lowest BCUT2D eigenvalue weighted by atomic mass is 9.84. The van der Waals surface area contributed by atoms with Crippen LogP contribution in [0.15, 0.2) is 55.1 Å². The molecular weight excluding hydrogens is 889 g/mol. The van der Waals surface area contributed by atoms with Crippen LogP contribution in [0.1, 0.15) is 71.4 Å². The summed E-state index contributed by atoms with van der Waals surface area (Å²) in [4.78, 5) is 85.7. The molecule has 5 atom stereocenters. The predicted octanol–water partition coefficient (Wildman–Crippen LogP) is 4.90. The molecule has 1 saturated carbocycles. The minimum atomic E-state index is -1.23. The molecule has 3 amide bonds. The second-order valence-corrected chi connectivity index (χ2v) is 21.1. The summed E-state index contributed by atoms with van der Waals surface area (Å²) in [5.41, 5.74) is 7.69. The number of aromatic hydroxyl groups is 1. The second-order valence-electron chi connectivity index (χ2n) is 21.1. The van der Waals surface area contributed by atoms with Gasteiger partial charge in [0.15, 0.2) is 5.78 Å². The molecule has 1 spiro atoms. The molecule has 70 heavy (non-hydrogen) atoms. The lowest BCUT2D eigenvalue weighted by Gasteiger charge is -2.36. The molecule has 9 rings (SSSR count). The number of aromatic nitrogens is 3. The average Bonchev–Trinajstić information content (AvgIpc) is 3.70. The van der Waals surface area contributed by atoms with Gasteiger partial charge in [0.25, 0.3) is 5.91 Å². The Morgan fingerprint density at radius 1 is 0.971 bits per heavy atom. The highest BCUT2D eigenvalue weighted by Crippen LogP contribution is 2.58. The number of likely N-dealkylation sites (N-methyl/N-ethyl adjacent to an activating group) is 1. The summed E-state index contributed by atoms with van der Waals surface area (Å²) in [6.07, 6.45) is 7.53. The Morgan fingerprint density at radius 2 is 1.74 bits per heavy atom. The van der Waals surface area contributed by atoms with Gasteiger partial charge in [-0.2, -0.15) is 0 Å². The second kappa shape index (κ2) is 19.9. The Labute approximate surface area is 410 Å². The van der Waals surface area contributed by atoms with Gasteiger partial charge < -0.3 is 28.9 Å². The number of nitrogens with zero attached hydrogens (tertiary/aromatic N) is 7. The van der Waals surface area contributed by atoms with E-state index in [0.29, 0.717) is 70.6 Å². The van der Waals surface area contributed by atoms with Crippen LogP contribution in [0.3, 0.4) is 0 Å². The van der Waals surface area contributed by atoms with Gasteiger partial charge >= 0.3 is 5.97 Å². The van der Waals surface area contributed by atoms with Crippen molar-refractivity contribution in [2.75, 3.05) is 66.1 Å². The number of phenols is 1. The number of hydrogen-bond donors (Lipinski definition) is 2. The number of carbonyl (C=O) groups excluding carboxylic acids is 5. The number of rotatable bonds is 8. The zero-order valence-corrected chi connectivity index (χ0v) is 41.3. The van der Waals surface area contributed by atoms with Crippen molar-refractivity contribution in [2.45, 2.75) is 91.8 Å². The molecule has 4 aromatic rings. The van der Waals surface area contributed by atoms with Crippen LogP contribution in [-0.2, 0) is 52.8 Å². The van der Waals surface area contributed by atoms with Crippen LogP contribution >= 0.6 is 0 Å². The highest BCUT2D eigenvalue weighted by molar-refractivity contribution is 6.01. The molecule has 5 aliphatic rings. The molecule has 16 nitrogen and oxygen atoms in total. The Morgan fingerprint density at radius 3 is 2.49 bits per heavy atom. The fourth-order valence-corrected chi connectivity index (χ4v) is 11.4. The molecule has 6 heterocycles. The molecule has 3 saturated heterocycles. The third-order valence-electron chi connectivity index (χ3n) is 15.1. The number of nitrogens with one attached hydrogen (secondary N) is 1. The van der Waals surface area contributed by atoms with Crippen LogP contribution in [-0.4, -0.2) is 147 Å². The van der Waals surface area contributed by atoms with Crippen LogP contribution in [0.25, 0.3) is 33.3 Å². The largest absolute Gasteiger partial charge is 0.508 e. The Bertz CT molecular complexity index is 2740.